The van der Waals surface area contributed by atoms with Crippen LogP contribution in [-0.2, 0) is 0 Å². The smallest absolute Gasteiger partial charge is 0.230 e. The monoisotopic (exact) mass is 205 g/mol. The average Bonchev–Trinajstić information content (AvgIpc) is 2.23. The Morgan fingerprint density at radius 3 is 2.50 bits per heavy atom. The zero-order valence-electron chi connectivity index (χ0n) is 7.31. The molecule has 0 aliphatic carbocycles. The highest BCUT2D eigenvalue weighted by atomic mass is 35.5. The van der Waals surface area contributed by atoms with Crippen molar-refractivity contribution < 1.29 is 5.11 Å². The second-order valence-corrected chi connectivity index (χ2v) is 3.24. The van der Waals surface area contributed by atoms with Crippen molar-refractivity contribution in [3.63, 3.8) is 0 Å². The molecule has 0 bridgehead atoms. The van der Waals surface area contributed by atoms with Gasteiger partial charge in [0, 0.05) is 11.8 Å². The highest BCUT2D eigenvalue weighted by molar-refractivity contribution is 6.34. The van der Waals surface area contributed by atoms with Crippen LogP contribution in [0.15, 0.2) is 42.6 Å². The molecule has 0 saturated carbocycles. The number of benzene rings is 1. The summed E-state index contributed by atoms with van der Waals surface area (Å²) in [7, 11) is 0. The fourth-order valence-electron chi connectivity index (χ4n) is 1.27. The molecule has 3 heteroatoms. The van der Waals surface area contributed by atoms with E-state index < -0.39 is 0 Å². The minimum Gasteiger partial charge on any atom is -0.492 e. The maximum Gasteiger partial charge on any atom is 0.230 e. The van der Waals surface area contributed by atoms with Gasteiger partial charge in [0.25, 0.3) is 0 Å². The maximum absolute atomic E-state index is 9.32. The molecule has 0 aliphatic rings. The summed E-state index contributed by atoms with van der Waals surface area (Å²) in [6.45, 7) is 0. The van der Waals surface area contributed by atoms with Crippen LogP contribution in [0.1, 0.15) is 0 Å². The van der Waals surface area contributed by atoms with Gasteiger partial charge in [0.15, 0.2) is 0 Å². The van der Waals surface area contributed by atoms with Crippen LogP contribution in [0, 0.1) is 0 Å². The Balaban J connectivity index is 2.58. The molecule has 2 nitrogen and oxygen atoms in total. The van der Waals surface area contributed by atoms with Crippen LogP contribution in [-0.4, -0.2) is 10.1 Å². The van der Waals surface area contributed by atoms with Crippen molar-refractivity contribution in [3.8, 4) is 17.0 Å². The molecule has 0 aliphatic heterocycles. The molecule has 0 amide bonds. The van der Waals surface area contributed by atoms with E-state index in [0.29, 0.717) is 5.02 Å². The van der Waals surface area contributed by atoms with Crippen LogP contribution in [0.4, 0.5) is 0 Å². The lowest BCUT2D eigenvalue weighted by Crippen LogP contribution is -1.82. The van der Waals surface area contributed by atoms with Crippen LogP contribution in [0.2, 0.25) is 5.02 Å². The molecule has 0 atom stereocenters. The predicted octanol–water partition coefficient (Wildman–Crippen LogP) is 3.11. The van der Waals surface area contributed by atoms with Crippen LogP contribution < -0.4 is 0 Å². The van der Waals surface area contributed by atoms with Crippen molar-refractivity contribution in [3.05, 3.63) is 47.6 Å². The Bertz CT molecular complexity index is 442. The minimum atomic E-state index is -0.131. The zero-order chi connectivity index (χ0) is 9.97. The van der Waals surface area contributed by atoms with Gasteiger partial charge < -0.3 is 5.11 Å². The molecule has 70 valence electrons. The summed E-state index contributed by atoms with van der Waals surface area (Å²) < 4.78 is 0. The first kappa shape index (κ1) is 9.03. The molecule has 1 heterocycles. The van der Waals surface area contributed by atoms with Crippen molar-refractivity contribution in [1.29, 1.82) is 0 Å². The highest BCUT2D eigenvalue weighted by Gasteiger charge is 2.07. The zero-order valence-corrected chi connectivity index (χ0v) is 8.07. The van der Waals surface area contributed by atoms with Crippen LogP contribution in [0.5, 0.6) is 5.88 Å². The summed E-state index contributed by atoms with van der Waals surface area (Å²) in [6, 6.07) is 11.4. The molecule has 2 rings (SSSR count). The van der Waals surface area contributed by atoms with E-state index in [-0.39, 0.29) is 5.88 Å². The number of hydrogen-bond donors (Lipinski definition) is 1. The fraction of sp³-hybridized carbons (Fsp3) is 0. The molecular formula is C11H8ClNO. The fourth-order valence-corrected chi connectivity index (χ4v) is 1.49. The number of hydrogen-bond acceptors (Lipinski definition) is 2. The number of pyridine rings is 1. The van der Waals surface area contributed by atoms with Gasteiger partial charge in [0.1, 0.15) is 5.02 Å². The molecule has 0 radical (unpaired) electrons. The van der Waals surface area contributed by atoms with E-state index in [1.54, 1.807) is 6.07 Å². The van der Waals surface area contributed by atoms with Gasteiger partial charge in [0.2, 0.25) is 5.88 Å². The molecule has 1 aromatic heterocycles. The number of halogens is 1. The van der Waals surface area contributed by atoms with Gasteiger partial charge in [-0.1, -0.05) is 41.9 Å². The van der Waals surface area contributed by atoms with Crippen LogP contribution in [0.3, 0.4) is 0 Å². The third-order valence-electron chi connectivity index (χ3n) is 1.96. The van der Waals surface area contributed by atoms with E-state index in [9.17, 15) is 5.11 Å². The van der Waals surface area contributed by atoms with Crippen molar-refractivity contribution in [1.82, 2.24) is 4.98 Å². The lowest BCUT2D eigenvalue weighted by Gasteiger charge is -2.04. The van der Waals surface area contributed by atoms with Crippen molar-refractivity contribution in [2.75, 3.05) is 0 Å². The first-order valence-electron chi connectivity index (χ1n) is 4.18. The summed E-state index contributed by atoms with van der Waals surface area (Å²) >= 11 is 5.92. The second kappa shape index (κ2) is 3.68. The standard InChI is InChI=1S/C11H8ClNO/c12-10-9(6-7-13-11(10)14)8-4-2-1-3-5-8/h1-7H,(H,13,14). The Morgan fingerprint density at radius 2 is 1.79 bits per heavy atom. The van der Waals surface area contributed by atoms with Crippen LogP contribution in [0.25, 0.3) is 11.1 Å². The molecule has 0 saturated heterocycles. The van der Waals surface area contributed by atoms with Crippen molar-refractivity contribution >= 4 is 11.6 Å². The summed E-state index contributed by atoms with van der Waals surface area (Å²) in [5.74, 6) is -0.131. The third-order valence-corrected chi connectivity index (χ3v) is 2.33. The molecule has 0 fully saturated rings. The van der Waals surface area contributed by atoms with Gasteiger partial charge >= 0.3 is 0 Å². The van der Waals surface area contributed by atoms with E-state index in [2.05, 4.69) is 4.98 Å². The first-order valence-corrected chi connectivity index (χ1v) is 4.56. The molecule has 0 spiro atoms. The van der Waals surface area contributed by atoms with E-state index >= 15 is 0 Å². The Morgan fingerprint density at radius 1 is 1.07 bits per heavy atom. The average molecular weight is 206 g/mol. The number of rotatable bonds is 1. The maximum atomic E-state index is 9.32. The lowest BCUT2D eigenvalue weighted by atomic mass is 10.1. The van der Waals surface area contributed by atoms with E-state index in [4.69, 9.17) is 11.6 Å². The first-order chi connectivity index (χ1) is 6.79. The summed E-state index contributed by atoms with van der Waals surface area (Å²) in [6.07, 6.45) is 1.53. The highest BCUT2D eigenvalue weighted by Crippen LogP contribution is 2.32. The SMILES string of the molecule is Oc1nccc(-c2ccccc2)c1Cl. The topological polar surface area (TPSA) is 33.1 Å². The number of aromatic nitrogens is 1. The van der Waals surface area contributed by atoms with Gasteiger partial charge in [-0.25, -0.2) is 4.98 Å². The largest absolute Gasteiger partial charge is 0.492 e. The van der Waals surface area contributed by atoms with Gasteiger partial charge in [0.05, 0.1) is 0 Å². The molecule has 0 unspecified atom stereocenters. The Labute approximate surface area is 86.8 Å². The summed E-state index contributed by atoms with van der Waals surface area (Å²) in [5.41, 5.74) is 1.76. The quantitative estimate of drug-likeness (QED) is 0.776. The molecule has 1 aromatic carbocycles. The Kier molecular flexibility index (Phi) is 2.37. The third kappa shape index (κ3) is 1.56. The van der Waals surface area contributed by atoms with Gasteiger partial charge in [-0.2, -0.15) is 0 Å². The molecule has 1 N–H and O–H groups in total. The van der Waals surface area contributed by atoms with Gasteiger partial charge in [-0.3, -0.25) is 0 Å². The van der Waals surface area contributed by atoms with Gasteiger partial charge in [-0.15, -0.1) is 0 Å². The van der Waals surface area contributed by atoms with Crippen molar-refractivity contribution in [2.45, 2.75) is 0 Å². The van der Waals surface area contributed by atoms with Crippen LogP contribution >= 0.6 is 11.6 Å². The van der Waals surface area contributed by atoms with Gasteiger partial charge in [-0.05, 0) is 11.6 Å². The lowest BCUT2D eigenvalue weighted by molar-refractivity contribution is 0.454. The molecule has 2 aromatic rings. The number of aromatic hydroxyl groups is 1. The summed E-state index contributed by atoms with van der Waals surface area (Å²) in [5, 5.41) is 9.61. The molecular weight excluding hydrogens is 198 g/mol. The minimum absolute atomic E-state index is 0.131. The normalized spacial score (nSPS) is 10.1. The summed E-state index contributed by atoms with van der Waals surface area (Å²) in [4.78, 5) is 3.69. The van der Waals surface area contributed by atoms with E-state index in [0.717, 1.165) is 11.1 Å². The van der Waals surface area contributed by atoms with E-state index in [1.807, 2.05) is 30.3 Å². The Hall–Kier alpha value is -1.54. The predicted molar refractivity (Wildman–Crippen MR) is 56.3 cm³/mol. The second-order valence-electron chi connectivity index (χ2n) is 2.86. The van der Waals surface area contributed by atoms with Crippen molar-refractivity contribution in [2.24, 2.45) is 0 Å². The number of nitrogens with zero attached hydrogens (tertiary/aromatic N) is 1. The molecule has 14 heavy (non-hydrogen) atoms. The van der Waals surface area contributed by atoms with E-state index in [1.165, 1.54) is 6.20 Å².